The molecule has 1 N–H and O–H groups in total. The fourth-order valence-electron chi connectivity index (χ4n) is 4.41. The number of carbonyl (C=O) groups excluding carboxylic acids is 1. The summed E-state index contributed by atoms with van der Waals surface area (Å²) in [6.07, 6.45) is -3.07. The predicted molar refractivity (Wildman–Crippen MR) is 99.7 cm³/mol. The van der Waals surface area contributed by atoms with Crippen LogP contribution in [0.5, 0.6) is 0 Å². The van der Waals surface area contributed by atoms with E-state index in [-0.39, 0.29) is 42.5 Å². The number of nitrogens with zero attached hydrogens (tertiary/aromatic N) is 2. The Labute approximate surface area is 185 Å². The molecule has 1 aromatic heterocycles. The molecule has 0 saturated heterocycles. The third kappa shape index (κ3) is 5.62. The molecule has 13 heteroatoms. The van der Waals surface area contributed by atoms with Crippen molar-refractivity contribution in [2.24, 2.45) is 0 Å². The van der Waals surface area contributed by atoms with Crippen molar-refractivity contribution in [1.82, 2.24) is 14.9 Å². The quantitative estimate of drug-likeness (QED) is 0.597. The Balaban J connectivity index is 0.000000243. The summed E-state index contributed by atoms with van der Waals surface area (Å²) in [6, 6.07) is 0. The lowest BCUT2D eigenvalue weighted by atomic mass is 9.92. The SMILES string of the molecule is Cc1nccn1C12CC1(NC(=O)COC1CC(OC(F)(F)F)C1)C2.FC(F)(F)OC1CCC1. The van der Waals surface area contributed by atoms with Crippen LogP contribution < -0.4 is 5.32 Å². The number of amides is 1. The minimum atomic E-state index is -4.61. The molecular weight excluding hydrogens is 460 g/mol. The number of aryl methyl sites for hydroxylation is 1. The van der Waals surface area contributed by atoms with E-state index in [9.17, 15) is 31.1 Å². The lowest BCUT2D eigenvalue weighted by Crippen LogP contribution is -2.43. The van der Waals surface area contributed by atoms with Gasteiger partial charge >= 0.3 is 12.7 Å². The first-order valence-corrected chi connectivity index (χ1v) is 10.7. The summed E-state index contributed by atoms with van der Waals surface area (Å²) in [6.45, 7) is 1.79. The predicted octanol–water partition coefficient (Wildman–Crippen LogP) is 3.71. The van der Waals surface area contributed by atoms with E-state index in [0.717, 1.165) is 25.1 Å². The monoisotopic (exact) mass is 485 g/mol. The fraction of sp³-hybridized carbons (Fsp3) is 0.800. The molecule has 0 aliphatic heterocycles. The molecule has 4 fully saturated rings. The molecule has 33 heavy (non-hydrogen) atoms. The van der Waals surface area contributed by atoms with Gasteiger partial charge in [-0.25, -0.2) is 4.98 Å². The van der Waals surface area contributed by atoms with E-state index in [1.807, 2.05) is 13.1 Å². The normalized spacial score (nSPS) is 32.6. The Bertz CT molecular complexity index is 855. The number of aromatic nitrogens is 2. The van der Waals surface area contributed by atoms with Crippen LogP contribution in [0.25, 0.3) is 0 Å². The highest BCUT2D eigenvalue weighted by atomic mass is 19.4. The van der Waals surface area contributed by atoms with Crippen LogP contribution in [0.3, 0.4) is 0 Å². The molecule has 0 radical (unpaired) electrons. The summed E-state index contributed by atoms with van der Waals surface area (Å²) in [7, 11) is 0. The van der Waals surface area contributed by atoms with Crippen LogP contribution in [0, 0.1) is 6.92 Å². The maximum absolute atomic E-state index is 12.0. The first kappa shape index (κ1) is 24.3. The molecule has 0 aromatic carbocycles. The van der Waals surface area contributed by atoms with E-state index in [4.69, 9.17) is 4.74 Å². The number of halogens is 6. The van der Waals surface area contributed by atoms with E-state index in [0.29, 0.717) is 12.8 Å². The Kier molecular flexibility index (Phi) is 6.19. The van der Waals surface area contributed by atoms with Crippen molar-refractivity contribution >= 4 is 5.91 Å². The van der Waals surface area contributed by atoms with E-state index >= 15 is 0 Å². The molecule has 7 nitrogen and oxygen atoms in total. The van der Waals surface area contributed by atoms with Crippen molar-refractivity contribution in [3.05, 3.63) is 18.2 Å². The van der Waals surface area contributed by atoms with Crippen molar-refractivity contribution in [1.29, 1.82) is 0 Å². The Hall–Kier alpha value is -1.86. The average molecular weight is 485 g/mol. The molecule has 1 heterocycles. The molecule has 186 valence electrons. The topological polar surface area (TPSA) is 74.6 Å². The first-order chi connectivity index (χ1) is 15.3. The number of alkyl halides is 6. The summed E-state index contributed by atoms with van der Waals surface area (Å²) in [5, 5.41) is 2.99. The van der Waals surface area contributed by atoms with Crippen LogP contribution in [0.1, 0.15) is 50.8 Å². The average Bonchev–Trinajstić information content (AvgIpc) is 3.32. The second-order valence-corrected chi connectivity index (χ2v) is 9.07. The molecule has 1 amide bonds. The zero-order valence-corrected chi connectivity index (χ0v) is 17.8. The molecule has 0 unspecified atom stereocenters. The molecule has 4 aliphatic rings. The van der Waals surface area contributed by atoms with E-state index in [1.165, 1.54) is 0 Å². The Morgan fingerprint density at radius 2 is 1.70 bits per heavy atom. The van der Waals surface area contributed by atoms with Gasteiger partial charge in [0.15, 0.2) is 0 Å². The van der Waals surface area contributed by atoms with Gasteiger partial charge < -0.3 is 14.6 Å². The van der Waals surface area contributed by atoms with Gasteiger partial charge in [-0.05, 0) is 39.0 Å². The van der Waals surface area contributed by atoms with Crippen molar-refractivity contribution in [2.75, 3.05) is 6.61 Å². The second kappa shape index (κ2) is 8.42. The molecule has 4 aliphatic carbocycles. The minimum absolute atomic E-state index is 0.0364. The van der Waals surface area contributed by atoms with Gasteiger partial charge in [0.25, 0.3) is 0 Å². The summed E-state index contributed by atoms with van der Waals surface area (Å²) in [5.74, 6) is 0.692. The van der Waals surface area contributed by atoms with Gasteiger partial charge in [-0.15, -0.1) is 26.3 Å². The number of rotatable bonds is 7. The van der Waals surface area contributed by atoms with Gasteiger partial charge in [-0.3, -0.25) is 14.3 Å². The molecule has 0 bridgehead atoms. The first-order valence-electron chi connectivity index (χ1n) is 10.7. The zero-order chi connectivity index (χ0) is 24.1. The van der Waals surface area contributed by atoms with Crippen LogP contribution in [0.2, 0.25) is 0 Å². The highest BCUT2D eigenvalue weighted by Gasteiger charge is 2.86. The van der Waals surface area contributed by atoms with Crippen LogP contribution in [-0.2, 0) is 24.5 Å². The van der Waals surface area contributed by atoms with Crippen molar-refractivity contribution in [3.8, 4) is 0 Å². The molecule has 0 atom stereocenters. The molecule has 4 saturated carbocycles. The number of carbonyl (C=O) groups is 1. The number of fused-ring (bicyclic) bond motifs is 1. The van der Waals surface area contributed by atoms with Gasteiger partial charge in [-0.1, -0.05) is 0 Å². The van der Waals surface area contributed by atoms with Gasteiger partial charge in [0.1, 0.15) is 12.4 Å². The lowest BCUT2D eigenvalue weighted by Gasteiger charge is -2.34. The number of imidazole rings is 1. The van der Waals surface area contributed by atoms with Gasteiger partial charge in [-0.2, -0.15) is 0 Å². The van der Waals surface area contributed by atoms with Crippen LogP contribution in [0.4, 0.5) is 26.3 Å². The van der Waals surface area contributed by atoms with Crippen LogP contribution >= 0.6 is 0 Å². The third-order valence-corrected chi connectivity index (χ3v) is 6.65. The van der Waals surface area contributed by atoms with E-state index in [1.54, 1.807) is 6.20 Å². The number of ether oxygens (including phenoxy) is 3. The maximum atomic E-state index is 12.0. The summed E-state index contributed by atoms with van der Waals surface area (Å²) >= 11 is 0. The Morgan fingerprint density at radius 1 is 1.09 bits per heavy atom. The van der Waals surface area contributed by atoms with Gasteiger partial charge in [0.05, 0.1) is 29.4 Å². The van der Waals surface area contributed by atoms with E-state index < -0.39 is 24.9 Å². The molecule has 1 aromatic rings. The number of hydrogen-bond acceptors (Lipinski definition) is 5. The van der Waals surface area contributed by atoms with Crippen LogP contribution in [-0.4, -0.2) is 58.6 Å². The largest absolute Gasteiger partial charge is 0.522 e. The summed E-state index contributed by atoms with van der Waals surface area (Å²) in [5.41, 5.74) is -0.230. The molecule has 0 spiro atoms. The fourth-order valence-corrected chi connectivity index (χ4v) is 4.41. The van der Waals surface area contributed by atoms with Crippen molar-refractivity contribution in [2.45, 2.75) is 94.0 Å². The standard InChI is InChI=1S/C15H18F3N3O3.C5H7F3O/c1-9-19-2-3-21(9)14-7-13(14,8-14)20-12(22)6-23-10-4-11(5-10)24-15(16,17)18;6-5(7,8)9-4-2-1-3-4/h2-3,10-11H,4-8H2,1H3,(H,20,22);4H,1-3H2. The highest BCUT2D eigenvalue weighted by Crippen LogP contribution is 2.76. The van der Waals surface area contributed by atoms with Crippen molar-refractivity contribution in [3.63, 3.8) is 0 Å². The molecular formula is C20H25F6N3O4. The lowest BCUT2D eigenvalue weighted by molar-refractivity contribution is -0.357. The summed E-state index contributed by atoms with van der Waals surface area (Å²) in [4.78, 5) is 16.2. The summed E-state index contributed by atoms with van der Waals surface area (Å²) < 4.78 is 85.0. The van der Waals surface area contributed by atoms with Gasteiger partial charge in [0.2, 0.25) is 5.91 Å². The zero-order valence-electron chi connectivity index (χ0n) is 17.8. The minimum Gasteiger partial charge on any atom is -0.368 e. The third-order valence-electron chi connectivity index (χ3n) is 6.65. The number of nitrogens with one attached hydrogen (secondary N) is 1. The maximum Gasteiger partial charge on any atom is 0.522 e. The van der Waals surface area contributed by atoms with E-state index in [2.05, 4.69) is 24.3 Å². The number of hydrogen-bond donors (Lipinski definition) is 1. The Morgan fingerprint density at radius 3 is 2.15 bits per heavy atom. The smallest absolute Gasteiger partial charge is 0.368 e. The van der Waals surface area contributed by atoms with Crippen molar-refractivity contribution < 1.29 is 45.3 Å². The van der Waals surface area contributed by atoms with Crippen LogP contribution in [0.15, 0.2) is 12.4 Å². The van der Waals surface area contributed by atoms with Gasteiger partial charge in [0, 0.05) is 25.2 Å². The molecule has 5 rings (SSSR count). The highest BCUT2D eigenvalue weighted by molar-refractivity contribution is 5.80. The second-order valence-electron chi connectivity index (χ2n) is 9.07.